The van der Waals surface area contributed by atoms with Gasteiger partial charge in [0.05, 0.1) is 0 Å². The number of hydrogen-bond acceptors (Lipinski definition) is 10. The zero-order valence-electron chi connectivity index (χ0n) is 17.1. The molecule has 0 unspecified atom stereocenters. The molecule has 198 valence electrons. The van der Waals surface area contributed by atoms with Gasteiger partial charge >= 0.3 is 31.3 Å². The van der Waals surface area contributed by atoms with Gasteiger partial charge in [-0.05, 0) is 11.1 Å². The SMILES string of the molecule is O=P(O)(O)OCN(COP(=O)(O)O)Cc1ccc(CN(COP(=O)(O)O)COP(=O)(O)O)cc1. The van der Waals surface area contributed by atoms with Crippen LogP contribution in [0.5, 0.6) is 0 Å². The first kappa shape index (κ1) is 31.6. The van der Waals surface area contributed by atoms with Crippen LogP contribution in [-0.4, -0.2) is 75.9 Å². The van der Waals surface area contributed by atoms with Gasteiger partial charge in [-0.1, -0.05) is 24.3 Å². The van der Waals surface area contributed by atoms with E-state index in [2.05, 4.69) is 18.1 Å². The molecule has 0 atom stereocenters. The fourth-order valence-corrected chi connectivity index (χ4v) is 3.41. The third-order valence-corrected chi connectivity index (χ3v) is 5.28. The van der Waals surface area contributed by atoms with Gasteiger partial charge in [-0.15, -0.1) is 0 Å². The fourth-order valence-electron chi connectivity index (χ4n) is 2.15. The summed E-state index contributed by atoms with van der Waals surface area (Å²) in [5.41, 5.74) is 0.939. The Hall–Kier alpha value is -0.420. The van der Waals surface area contributed by atoms with Crippen LogP contribution < -0.4 is 0 Å². The second-order valence-electron chi connectivity index (χ2n) is 6.47. The van der Waals surface area contributed by atoms with Gasteiger partial charge in [0.15, 0.2) is 0 Å². The van der Waals surface area contributed by atoms with Crippen LogP contribution in [0.25, 0.3) is 0 Å². The number of phosphoric acid groups is 4. The highest BCUT2D eigenvalue weighted by molar-refractivity contribution is 7.47. The minimum absolute atomic E-state index is 0.132. The molecule has 0 aromatic heterocycles. The van der Waals surface area contributed by atoms with E-state index < -0.39 is 58.2 Å². The van der Waals surface area contributed by atoms with Crippen LogP contribution >= 0.6 is 31.3 Å². The summed E-state index contributed by atoms with van der Waals surface area (Å²) in [7, 11) is -19.5. The Morgan fingerprint density at radius 2 is 0.706 bits per heavy atom. The molecule has 8 N–H and O–H groups in total. The van der Waals surface area contributed by atoms with Crippen LogP contribution in [0.2, 0.25) is 0 Å². The number of phosphoric ester groups is 4. The summed E-state index contributed by atoms with van der Waals surface area (Å²) in [5, 5.41) is 0. The minimum Gasteiger partial charge on any atom is -0.303 e. The Morgan fingerprint density at radius 3 is 0.882 bits per heavy atom. The summed E-state index contributed by atoms with van der Waals surface area (Å²) in [6, 6.07) is 5.96. The molecule has 0 spiro atoms. The van der Waals surface area contributed by atoms with Gasteiger partial charge in [0, 0.05) is 13.1 Å². The number of hydrogen-bond donors (Lipinski definition) is 8. The molecule has 0 aliphatic heterocycles. The summed E-state index contributed by atoms with van der Waals surface area (Å²) in [6.07, 6.45) is 0. The second-order valence-corrected chi connectivity index (χ2v) is 11.4. The van der Waals surface area contributed by atoms with Crippen molar-refractivity contribution in [3.63, 3.8) is 0 Å². The van der Waals surface area contributed by atoms with Gasteiger partial charge in [0.25, 0.3) is 0 Å². The van der Waals surface area contributed by atoms with E-state index in [9.17, 15) is 18.3 Å². The normalized spacial score (nSPS) is 13.7. The van der Waals surface area contributed by atoms with Crippen molar-refractivity contribution in [3.05, 3.63) is 35.4 Å². The maximum absolute atomic E-state index is 10.9. The Kier molecular flexibility index (Phi) is 12.3. The van der Waals surface area contributed by atoms with Gasteiger partial charge in [0.1, 0.15) is 26.9 Å². The zero-order chi connectivity index (χ0) is 26.2. The topological polar surface area (TPSA) is 274 Å². The summed E-state index contributed by atoms with van der Waals surface area (Å²) in [5.74, 6) is 0. The Bertz CT molecular complexity index is 822. The van der Waals surface area contributed by atoms with Crippen molar-refractivity contribution in [1.82, 2.24) is 9.80 Å². The third kappa shape index (κ3) is 17.1. The van der Waals surface area contributed by atoms with E-state index in [4.69, 9.17) is 39.1 Å². The van der Waals surface area contributed by atoms with Gasteiger partial charge in [-0.2, -0.15) is 0 Å². The molecule has 1 aromatic rings. The van der Waals surface area contributed by atoms with Crippen molar-refractivity contribution in [3.8, 4) is 0 Å². The van der Waals surface area contributed by atoms with Crippen LogP contribution in [0.4, 0.5) is 0 Å². The smallest absolute Gasteiger partial charge is 0.303 e. The highest BCUT2D eigenvalue weighted by Crippen LogP contribution is 2.39. The first-order valence-electron chi connectivity index (χ1n) is 8.64. The lowest BCUT2D eigenvalue weighted by molar-refractivity contribution is 0.0183. The Morgan fingerprint density at radius 1 is 0.500 bits per heavy atom. The predicted octanol–water partition coefficient (Wildman–Crippen LogP) is -0.442. The lowest BCUT2D eigenvalue weighted by Gasteiger charge is -2.23. The highest BCUT2D eigenvalue weighted by atomic mass is 31.2. The summed E-state index contributed by atoms with van der Waals surface area (Å²) < 4.78 is 60.8. The molecule has 0 aliphatic carbocycles. The van der Waals surface area contributed by atoms with E-state index in [0.717, 1.165) is 9.80 Å². The Labute approximate surface area is 192 Å². The Balaban J connectivity index is 2.85. The van der Waals surface area contributed by atoms with Crippen LogP contribution in [0, 0.1) is 0 Å². The van der Waals surface area contributed by atoms with Crippen molar-refractivity contribution in [2.24, 2.45) is 0 Å². The third-order valence-electron chi connectivity index (χ3n) is 3.47. The van der Waals surface area contributed by atoms with Gasteiger partial charge in [-0.3, -0.25) is 27.9 Å². The van der Waals surface area contributed by atoms with E-state index >= 15 is 0 Å². The summed E-state index contributed by atoms with van der Waals surface area (Å²) in [4.78, 5) is 72.6. The standard InChI is InChI=1S/C12H24N2O16P4/c15-31(16,17)27-7-13(8-28-32(18,19)20)5-11-1-2-12(4-3-11)6-14(9-29-33(21,22)23)10-30-34(24,25)26/h1-4H,5-10H2,(H2,15,16,17)(H2,18,19,20)(H2,21,22,23)(H2,24,25,26). The maximum Gasteiger partial charge on any atom is 0.470 e. The molecule has 0 saturated carbocycles. The van der Waals surface area contributed by atoms with Crippen LogP contribution in [0.15, 0.2) is 24.3 Å². The van der Waals surface area contributed by atoms with Crippen LogP contribution in [0.3, 0.4) is 0 Å². The summed E-state index contributed by atoms with van der Waals surface area (Å²) in [6.45, 7) is -3.21. The van der Waals surface area contributed by atoms with Crippen molar-refractivity contribution in [2.45, 2.75) is 13.1 Å². The van der Waals surface area contributed by atoms with Crippen LogP contribution in [-0.2, 0) is 49.4 Å². The van der Waals surface area contributed by atoms with E-state index in [1.54, 1.807) is 0 Å². The fraction of sp³-hybridized carbons (Fsp3) is 0.500. The van der Waals surface area contributed by atoms with Crippen molar-refractivity contribution < 1.29 is 75.5 Å². The minimum atomic E-state index is -4.88. The molecule has 0 radical (unpaired) electrons. The molecule has 0 amide bonds. The molecule has 0 saturated heterocycles. The lowest BCUT2D eigenvalue weighted by Crippen LogP contribution is -2.28. The predicted molar refractivity (Wildman–Crippen MR) is 110 cm³/mol. The van der Waals surface area contributed by atoms with E-state index in [0.29, 0.717) is 11.1 Å². The average molecular weight is 576 g/mol. The quantitative estimate of drug-likeness (QED) is 0.0914. The largest absolute Gasteiger partial charge is 0.470 e. The van der Waals surface area contributed by atoms with Crippen molar-refractivity contribution in [1.29, 1.82) is 0 Å². The molecule has 0 bridgehead atoms. The van der Waals surface area contributed by atoms with Gasteiger partial charge in [-0.25, -0.2) is 18.3 Å². The highest BCUT2D eigenvalue weighted by Gasteiger charge is 2.22. The number of benzene rings is 1. The van der Waals surface area contributed by atoms with E-state index in [1.165, 1.54) is 24.3 Å². The molecular weight excluding hydrogens is 552 g/mol. The molecule has 22 heteroatoms. The molecule has 1 rings (SSSR count). The molecule has 1 aromatic carbocycles. The van der Waals surface area contributed by atoms with E-state index in [-0.39, 0.29) is 13.1 Å². The monoisotopic (exact) mass is 576 g/mol. The number of nitrogens with zero attached hydrogens (tertiary/aromatic N) is 2. The number of rotatable bonds is 16. The molecule has 34 heavy (non-hydrogen) atoms. The van der Waals surface area contributed by atoms with Crippen molar-refractivity contribution >= 4 is 31.3 Å². The maximum atomic E-state index is 10.9. The van der Waals surface area contributed by atoms with Crippen molar-refractivity contribution in [2.75, 3.05) is 26.9 Å². The zero-order valence-corrected chi connectivity index (χ0v) is 20.7. The summed E-state index contributed by atoms with van der Waals surface area (Å²) >= 11 is 0. The lowest BCUT2D eigenvalue weighted by atomic mass is 10.1. The van der Waals surface area contributed by atoms with E-state index in [1.807, 2.05) is 0 Å². The molecule has 0 aliphatic rings. The molecule has 0 heterocycles. The van der Waals surface area contributed by atoms with Gasteiger partial charge in [0.2, 0.25) is 0 Å². The first-order chi connectivity index (χ1) is 15.3. The first-order valence-corrected chi connectivity index (χ1v) is 14.8. The van der Waals surface area contributed by atoms with Crippen LogP contribution in [0.1, 0.15) is 11.1 Å². The van der Waals surface area contributed by atoms with Gasteiger partial charge < -0.3 is 39.1 Å². The molecular formula is C12H24N2O16P4. The molecule has 0 fully saturated rings. The molecule has 18 nitrogen and oxygen atoms in total. The average Bonchev–Trinajstić information content (AvgIpc) is 2.64. The second kappa shape index (κ2) is 13.2.